The van der Waals surface area contributed by atoms with Crippen LogP contribution in [0.15, 0.2) is 72.4 Å². The zero-order valence-electron chi connectivity index (χ0n) is 18.7. The highest BCUT2D eigenvalue weighted by Crippen LogP contribution is 2.26. The van der Waals surface area contributed by atoms with Crippen molar-refractivity contribution in [1.29, 1.82) is 0 Å². The summed E-state index contributed by atoms with van der Waals surface area (Å²) in [6.45, 7) is 8.28. The Morgan fingerprint density at radius 1 is 1.06 bits per heavy atom. The predicted octanol–water partition coefficient (Wildman–Crippen LogP) is 3.48. The first kappa shape index (κ1) is 23.7. The van der Waals surface area contributed by atoms with Gasteiger partial charge >= 0.3 is 0 Å². The van der Waals surface area contributed by atoms with Crippen molar-refractivity contribution in [2.45, 2.75) is 18.2 Å². The summed E-state index contributed by atoms with van der Waals surface area (Å²) >= 11 is 1.34. The molecule has 10 heteroatoms. The van der Waals surface area contributed by atoms with E-state index < -0.39 is 4.92 Å². The van der Waals surface area contributed by atoms with Gasteiger partial charge in [0.2, 0.25) is 5.91 Å². The Hall–Kier alpha value is -3.50. The first-order chi connectivity index (χ1) is 16.5. The van der Waals surface area contributed by atoms with Crippen molar-refractivity contribution < 1.29 is 9.72 Å². The number of nitro groups is 1. The van der Waals surface area contributed by atoms with E-state index in [-0.39, 0.29) is 17.3 Å². The van der Waals surface area contributed by atoms with Gasteiger partial charge in [0.1, 0.15) is 0 Å². The molecule has 2 aromatic carbocycles. The molecule has 2 heterocycles. The van der Waals surface area contributed by atoms with Crippen molar-refractivity contribution in [3.05, 3.63) is 82.9 Å². The van der Waals surface area contributed by atoms with Crippen LogP contribution >= 0.6 is 11.8 Å². The normalized spacial score (nSPS) is 14.2. The molecule has 0 bridgehead atoms. The molecule has 0 radical (unpaired) electrons. The molecule has 4 rings (SSSR count). The Kier molecular flexibility index (Phi) is 7.71. The highest BCUT2D eigenvalue weighted by atomic mass is 32.2. The molecule has 0 atom stereocenters. The third-order valence-electron chi connectivity index (χ3n) is 5.66. The SMILES string of the molecule is C=CCn1c(SCC(=O)N2CCN(Cc3ccccc3)CC2)nnc1-c1ccc([N+](=O)[O-])cc1. The van der Waals surface area contributed by atoms with E-state index >= 15 is 0 Å². The zero-order valence-corrected chi connectivity index (χ0v) is 19.6. The number of allylic oxidation sites excluding steroid dienone is 1. The largest absolute Gasteiger partial charge is 0.339 e. The lowest BCUT2D eigenvalue weighted by Crippen LogP contribution is -2.48. The Morgan fingerprint density at radius 2 is 1.76 bits per heavy atom. The van der Waals surface area contributed by atoms with Gasteiger partial charge < -0.3 is 4.90 Å². The van der Waals surface area contributed by atoms with E-state index in [2.05, 4.69) is 33.8 Å². The molecule has 0 spiro atoms. The van der Waals surface area contributed by atoms with Crippen LogP contribution in [-0.2, 0) is 17.9 Å². The number of hydrogen-bond acceptors (Lipinski definition) is 7. The molecule has 0 aliphatic carbocycles. The van der Waals surface area contributed by atoms with E-state index in [1.165, 1.54) is 29.5 Å². The topological polar surface area (TPSA) is 97.4 Å². The Balaban J connectivity index is 1.34. The molecule has 1 saturated heterocycles. The molecule has 34 heavy (non-hydrogen) atoms. The minimum atomic E-state index is -0.438. The number of amides is 1. The van der Waals surface area contributed by atoms with Gasteiger partial charge in [-0.1, -0.05) is 48.2 Å². The van der Waals surface area contributed by atoms with Crippen LogP contribution in [0.25, 0.3) is 11.4 Å². The number of thioether (sulfide) groups is 1. The van der Waals surface area contributed by atoms with Crippen molar-refractivity contribution in [3.63, 3.8) is 0 Å². The van der Waals surface area contributed by atoms with Gasteiger partial charge in [0.15, 0.2) is 11.0 Å². The number of benzene rings is 2. The van der Waals surface area contributed by atoms with Crippen LogP contribution in [0.5, 0.6) is 0 Å². The predicted molar refractivity (Wildman–Crippen MR) is 131 cm³/mol. The molecule has 1 amide bonds. The van der Waals surface area contributed by atoms with E-state index in [4.69, 9.17) is 0 Å². The number of piperazine rings is 1. The lowest BCUT2D eigenvalue weighted by atomic mass is 10.2. The van der Waals surface area contributed by atoms with Crippen LogP contribution in [0.2, 0.25) is 0 Å². The van der Waals surface area contributed by atoms with Crippen LogP contribution in [0, 0.1) is 10.1 Å². The molecule has 1 aliphatic heterocycles. The number of aromatic nitrogens is 3. The minimum absolute atomic E-state index is 0.0163. The number of carbonyl (C=O) groups is 1. The maximum atomic E-state index is 12.8. The van der Waals surface area contributed by atoms with E-state index in [0.717, 1.165) is 19.6 Å². The van der Waals surface area contributed by atoms with Crippen LogP contribution in [0.1, 0.15) is 5.56 Å². The highest BCUT2D eigenvalue weighted by Gasteiger charge is 2.22. The van der Waals surface area contributed by atoms with Crippen molar-refractivity contribution in [3.8, 4) is 11.4 Å². The second-order valence-corrected chi connectivity index (χ2v) is 8.88. The van der Waals surface area contributed by atoms with Gasteiger partial charge in [0, 0.05) is 57.0 Å². The molecule has 1 aliphatic rings. The maximum Gasteiger partial charge on any atom is 0.269 e. The van der Waals surface area contributed by atoms with Gasteiger partial charge in [-0.2, -0.15) is 0 Å². The Bertz CT molecular complexity index is 1140. The molecular weight excluding hydrogens is 452 g/mol. The molecule has 9 nitrogen and oxygen atoms in total. The van der Waals surface area contributed by atoms with Crippen molar-refractivity contribution in [2.24, 2.45) is 0 Å². The molecule has 1 aromatic heterocycles. The average Bonchev–Trinajstić information content (AvgIpc) is 3.26. The second kappa shape index (κ2) is 11.1. The van der Waals surface area contributed by atoms with Crippen molar-refractivity contribution in [1.82, 2.24) is 24.6 Å². The van der Waals surface area contributed by atoms with Gasteiger partial charge in [-0.3, -0.25) is 24.4 Å². The summed E-state index contributed by atoms with van der Waals surface area (Å²) in [5.41, 5.74) is 2.01. The van der Waals surface area contributed by atoms with E-state index in [1.807, 2.05) is 27.7 Å². The van der Waals surface area contributed by atoms with Crippen molar-refractivity contribution in [2.75, 3.05) is 31.9 Å². The third-order valence-corrected chi connectivity index (χ3v) is 6.62. The molecule has 3 aromatic rings. The molecular formula is C24H26N6O3S. The molecule has 0 saturated carbocycles. The fraction of sp³-hybridized carbons (Fsp3) is 0.292. The number of nitrogens with zero attached hydrogens (tertiary/aromatic N) is 6. The van der Waals surface area contributed by atoms with Crippen LogP contribution < -0.4 is 0 Å². The lowest BCUT2D eigenvalue weighted by molar-refractivity contribution is -0.384. The van der Waals surface area contributed by atoms with Gasteiger partial charge in [0.25, 0.3) is 5.69 Å². The quantitative estimate of drug-likeness (QED) is 0.201. The molecule has 1 fully saturated rings. The number of non-ortho nitro benzene ring substituents is 1. The van der Waals surface area contributed by atoms with Crippen LogP contribution in [0.3, 0.4) is 0 Å². The number of rotatable bonds is 9. The summed E-state index contributed by atoms with van der Waals surface area (Å²) in [7, 11) is 0. The van der Waals surface area contributed by atoms with Crippen LogP contribution in [-0.4, -0.2) is 67.3 Å². The Labute approximate surface area is 202 Å². The van der Waals surface area contributed by atoms with Gasteiger partial charge in [-0.25, -0.2) is 0 Å². The summed E-state index contributed by atoms with van der Waals surface area (Å²) < 4.78 is 1.86. The monoisotopic (exact) mass is 478 g/mol. The van der Waals surface area contributed by atoms with E-state index in [1.54, 1.807) is 18.2 Å². The average molecular weight is 479 g/mol. The number of nitro benzene ring substituents is 1. The summed E-state index contributed by atoms with van der Waals surface area (Å²) in [6, 6.07) is 16.5. The fourth-order valence-corrected chi connectivity index (χ4v) is 4.70. The third kappa shape index (κ3) is 5.70. The molecule has 0 N–H and O–H groups in total. The highest BCUT2D eigenvalue weighted by molar-refractivity contribution is 7.99. The summed E-state index contributed by atoms with van der Waals surface area (Å²) in [6.07, 6.45) is 1.73. The summed E-state index contributed by atoms with van der Waals surface area (Å²) in [4.78, 5) is 27.6. The summed E-state index contributed by atoms with van der Waals surface area (Å²) in [5.74, 6) is 0.933. The second-order valence-electron chi connectivity index (χ2n) is 7.94. The van der Waals surface area contributed by atoms with E-state index in [0.29, 0.717) is 36.2 Å². The van der Waals surface area contributed by atoms with Gasteiger partial charge in [0.05, 0.1) is 10.7 Å². The minimum Gasteiger partial charge on any atom is -0.339 e. The number of hydrogen-bond donors (Lipinski definition) is 0. The molecule has 0 unspecified atom stereocenters. The van der Waals surface area contributed by atoms with Gasteiger partial charge in [-0.05, 0) is 17.7 Å². The van der Waals surface area contributed by atoms with Crippen LogP contribution in [0.4, 0.5) is 5.69 Å². The smallest absolute Gasteiger partial charge is 0.269 e. The van der Waals surface area contributed by atoms with Gasteiger partial charge in [-0.15, -0.1) is 16.8 Å². The first-order valence-electron chi connectivity index (χ1n) is 11.0. The van der Waals surface area contributed by atoms with Crippen molar-refractivity contribution >= 4 is 23.4 Å². The number of carbonyl (C=O) groups excluding carboxylic acids is 1. The lowest BCUT2D eigenvalue weighted by Gasteiger charge is -2.34. The Morgan fingerprint density at radius 3 is 2.41 bits per heavy atom. The maximum absolute atomic E-state index is 12.8. The fourth-order valence-electron chi connectivity index (χ4n) is 3.85. The first-order valence-corrected chi connectivity index (χ1v) is 12.0. The zero-order chi connectivity index (χ0) is 23.9. The summed E-state index contributed by atoms with van der Waals surface area (Å²) in [5, 5.41) is 20.1. The standard InChI is InChI=1S/C24H26N6O3S/c1-2-12-29-23(20-8-10-21(11-9-20)30(32)33)25-26-24(29)34-18-22(31)28-15-13-27(14-16-28)17-19-6-4-3-5-7-19/h2-11H,1,12-18H2. The van der Waals surface area contributed by atoms with E-state index in [9.17, 15) is 14.9 Å². The molecule has 176 valence electrons.